The molecule has 0 rings (SSSR count). The van der Waals surface area contributed by atoms with Crippen molar-refractivity contribution in [2.75, 3.05) is 13.2 Å². The van der Waals surface area contributed by atoms with Gasteiger partial charge in [0.05, 0.1) is 13.2 Å². The van der Waals surface area contributed by atoms with Crippen LogP contribution in [0, 0.1) is 0 Å². The summed E-state index contributed by atoms with van der Waals surface area (Å²) in [6, 6.07) is 0. The fraction of sp³-hybridized carbons (Fsp3) is 0.400. The normalized spacial score (nSPS) is 10.8. The van der Waals surface area contributed by atoms with Crippen molar-refractivity contribution in [3.8, 4) is 0 Å². The second kappa shape index (κ2) is 8.24. The lowest BCUT2D eigenvalue weighted by atomic mass is 10.5. The van der Waals surface area contributed by atoms with Crippen LogP contribution in [0.3, 0.4) is 0 Å². The lowest BCUT2D eigenvalue weighted by Gasteiger charge is -2.12. The molecule has 0 unspecified atom stereocenters. The molecule has 0 aromatic rings. The standard InChI is InChI=1S/C10H16O2/c1-4-7-10(11-8-5-2)12-9-6-3/h4-7,10H,2-3,8-9H2,1H3. The second-order valence-electron chi connectivity index (χ2n) is 2.14. The minimum absolute atomic E-state index is 0.286. The van der Waals surface area contributed by atoms with Gasteiger partial charge >= 0.3 is 0 Å². The zero-order valence-corrected chi connectivity index (χ0v) is 7.53. The smallest absolute Gasteiger partial charge is 0.177 e. The van der Waals surface area contributed by atoms with E-state index >= 15 is 0 Å². The zero-order chi connectivity index (χ0) is 9.23. The molecule has 0 aromatic carbocycles. The van der Waals surface area contributed by atoms with Gasteiger partial charge < -0.3 is 9.47 Å². The Labute approximate surface area is 74.2 Å². The van der Waals surface area contributed by atoms with Gasteiger partial charge in [-0.2, -0.15) is 0 Å². The predicted octanol–water partition coefficient (Wildman–Crippen LogP) is 2.29. The third-order valence-electron chi connectivity index (χ3n) is 1.11. The average molecular weight is 168 g/mol. The second-order valence-corrected chi connectivity index (χ2v) is 2.14. The van der Waals surface area contributed by atoms with Crippen LogP contribution in [-0.2, 0) is 9.47 Å². The van der Waals surface area contributed by atoms with Crippen LogP contribution in [0.25, 0.3) is 0 Å². The van der Waals surface area contributed by atoms with Gasteiger partial charge in [-0.25, -0.2) is 0 Å². The first kappa shape index (κ1) is 11.1. The molecule has 2 heteroatoms. The van der Waals surface area contributed by atoms with Crippen LogP contribution in [0.15, 0.2) is 37.5 Å². The maximum absolute atomic E-state index is 5.26. The molecule has 0 aliphatic heterocycles. The highest BCUT2D eigenvalue weighted by Gasteiger charge is 2.00. The van der Waals surface area contributed by atoms with Crippen molar-refractivity contribution in [2.24, 2.45) is 0 Å². The molecular formula is C10H16O2. The molecule has 68 valence electrons. The third kappa shape index (κ3) is 5.89. The molecule has 0 spiro atoms. The Morgan fingerprint density at radius 1 is 1.17 bits per heavy atom. The average Bonchev–Trinajstić information content (AvgIpc) is 2.10. The van der Waals surface area contributed by atoms with E-state index in [0.717, 1.165) is 0 Å². The van der Waals surface area contributed by atoms with E-state index in [1.165, 1.54) is 0 Å². The van der Waals surface area contributed by atoms with Gasteiger partial charge in [0.2, 0.25) is 0 Å². The number of rotatable bonds is 7. The summed E-state index contributed by atoms with van der Waals surface area (Å²) >= 11 is 0. The molecule has 12 heavy (non-hydrogen) atoms. The number of ether oxygens (including phenoxy) is 2. The summed E-state index contributed by atoms with van der Waals surface area (Å²) < 4.78 is 10.5. The lowest BCUT2D eigenvalue weighted by Crippen LogP contribution is -2.14. The quantitative estimate of drug-likeness (QED) is 0.429. The maximum Gasteiger partial charge on any atom is 0.177 e. The first-order chi connectivity index (χ1) is 5.85. The molecule has 0 aliphatic carbocycles. The number of hydrogen-bond donors (Lipinski definition) is 0. The van der Waals surface area contributed by atoms with Crippen molar-refractivity contribution in [3.05, 3.63) is 37.5 Å². The van der Waals surface area contributed by atoms with E-state index in [1.54, 1.807) is 12.2 Å². The van der Waals surface area contributed by atoms with Crippen LogP contribution >= 0.6 is 0 Å². The van der Waals surface area contributed by atoms with E-state index in [1.807, 2.05) is 19.1 Å². The largest absolute Gasteiger partial charge is 0.345 e. The SMILES string of the molecule is C=CCOC(C=CC)OCC=C. The number of hydrogen-bond acceptors (Lipinski definition) is 2. The van der Waals surface area contributed by atoms with E-state index in [2.05, 4.69) is 13.2 Å². The Morgan fingerprint density at radius 2 is 1.67 bits per heavy atom. The van der Waals surface area contributed by atoms with Gasteiger partial charge in [-0.15, -0.1) is 13.2 Å². The molecule has 0 bridgehead atoms. The highest BCUT2D eigenvalue weighted by Crippen LogP contribution is 1.97. The van der Waals surface area contributed by atoms with Gasteiger partial charge in [0, 0.05) is 0 Å². The van der Waals surface area contributed by atoms with Crippen LogP contribution in [0.2, 0.25) is 0 Å². The molecule has 2 nitrogen and oxygen atoms in total. The summed E-state index contributed by atoms with van der Waals surface area (Å²) in [5, 5.41) is 0. The van der Waals surface area contributed by atoms with Gasteiger partial charge in [-0.1, -0.05) is 18.2 Å². The summed E-state index contributed by atoms with van der Waals surface area (Å²) in [5.74, 6) is 0. The summed E-state index contributed by atoms with van der Waals surface area (Å²) in [4.78, 5) is 0. The van der Waals surface area contributed by atoms with Crippen molar-refractivity contribution in [2.45, 2.75) is 13.2 Å². The summed E-state index contributed by atoms with van der Waals surface area (Å²) in [7, 11) is 0. The van der Waals surface area contributed by atoms with E-state index in [9.17, 15) is 0 Å². The monoisotopic (exact) mass is 168 g/mol. The Balaban J connectivity index is 3.68. The van der Waals surface area contributed by atoms with E-state index in [-0.39, 0.29) is 6.29 Å². The van der Waals surface area contributed by atoms with Crippen LogP contribution in [0.5, 0.6) is 0 Å². The summed E-state index contributed by atoms with van der Waals surface area (Å²) in [6.07, 6.45) is 6.82. The predicted molar refractivity (Wildman–Crippen MR) is 50.9 cm³/mol. The first-order valence-corrected chi connectivity index (χ1v) is 3.93. The highest BCUT2D eigenvalue weighted by molar-refractivity contribution is 4.83. The van der Waals surface area contributed by atoms with Crippen molar-refractivity contribution < 1.29 is 9.47 Å². The fourth-order valence-electron chi connectivity index (χ4n) is 0.642. The molecule has 0 amide bonds. The maximum atomic E-state index is 5.26. The topological polar surface area (TPSA) is 18.5 Å². The van der Waals surface area contributed by atoms with Crippen molar-refractivity contribution >= 4 is 0 Å². The Bertz CT molecular complexity index is 138. The lowest BCUT2D eigenvalue weighted by molar-refractivity contribution is -0.0935. The molecule has 0 saturated carbocycles. The Kier molecular flexibility index (Phi) is 7.65. The molecule has 0 atom stereocenters. The van der Waals surface area contributed by atoms with Crippen LogP contribution < -0.4 is 0 Å². The van der Waals surface area contributed by atoms with Gasteiger partial charge in [0.25, 0.3) is 0 Å². The van der Waals surface area contributed by atoms with Crippen molar-refractivity contribution in [3.63, 3.8) is 0 Å². The molecule has 0 radical (unpaired) electrons. The number of allylic oxidation sites excluding steroid dienone is 1. The minimum Gasteiger partial charge on any atom is -0.345 e. The zero-order valence-electron chi connectivity index (χ0n) is 7.53. The minimum atomic E-state index is -0.286. The molecule has 0 heterocycles. The summed E-state index contributed by atoms with van der Waals surface area (Å²) in [6.45, 7) is 10.00. The fourth-order valence-corrected chi connectivity index (χ4v) is 0.642. The van der Waals surface area contributed by atoms with Crippen molar-refractivity contribution in [1.29, 1.82) is 0 Å². The van der Waals surface area contributed by atoms with Crippen LogP contribution in [-0.4, -0.2) is 19.5 Å². The van der Waals surface area contributed by atoms with Crippen LogP contribution in [0.4, 0.5) is 0 Å². The molecule has 0 fully saturated rings. The molecule has 0 aromatic heterocycles. The third-order valence-corrected chi connectivity index (χ3v) is 1.11. The van der Waals surface area contributed by atoms with E-state index in [0.29, 0.717) is 13.2 Å². The van der Waals surface area contributed by atoms with Gasteiger partial charge in [-0.05, 0) is 13.0 Å². The highest BCUT2D eigenvalue weighted by atomic mass is 16.7. The molecule has 0 N–H and O–H groups in total. The van der Waals surface area contributed by atoms with E-state index in [4.69, 9.17) is 9.47 Å². The molecular weight excluding hydrogens is 152 g/mol. The van der Waals surface area contributed by atoms with Crippen molar-refractivity contribution in [1.82, 2.24) is 0 Å². The first-order valence-electron chi connectivity index (χ1n) is 3.93. The molecule has 0 saturated heterocycles. The van der Waals surface area contributed by atoms with Gasteiger partial charge in [0.1, 0.15) is 0 Å². The van der Waals surface area contributed by atoms with E-state index < -0.39 is 0 Å². The Hall–Kier alpha value is -0.860. The van der Waals surface area contributed by atoms with Gasteiger partial charge in [-0.3, -0.25) is 0 Å². The van der Waals surface area contributed by atoms with Gasteiger partial charge in [0.15, 0.2) is 6.29 Å². The molecule has 0 aliphatic rings. The van der Waals surface area contributed by atoms with Crippen LogP contribution in [0.1, 0.15) is 6.92 Å². The Morgan fingerprint density at radius 3 is 2.00 bits per heavy atom. The summed E-state index contributed by atoms with van der Waals surface area (Å²) in [5.41, 5.74) is 0.